The summed E-state index contributed by atoms with van der Waals surface area (Å²) in [5, 5.41) is 0. The van der Waals surface area contributed by atoms with Gasteiger partial charge in [0.2, 0.25) is 0 Å². The SMILES string of the molecule is CC[C@H](C)c1ccc(N(C)C)cc1. The summed E-state index contributed by atoms with van der Waals surface area (Å²) >= 11 is 0. The maximum atomic E-state index is 2.27. The van der Waals surface area contributed by atoms with Crippen LogP contribution in [0.3, 0.4) is 0 Å². The molecule has 1 aromatic carbocycles. The summed E-state index contributed by atoms with van der Waals surface area (Å²) in [6, 6.07) is 8.82. The monoisotopic (exact) mass is 177 g/mol. The maximum Gasteiger partial charge on any atom is 0.0361 e. The first-order valence-electron chi connectivity index (χ1n) is 4.92. The van der Waals surface area contributed by atoms with Gasteiger partial charge >= 0.3 is 0 Å². The third-order valence-corrected chi connectivity index (χ3v) is 2.59. The van der Waals surface area contributed by atoms with Gasteiger partial charge in [0.05, 0.1) is 0 Å². The van der Waals surface area contributed by atoms with Crippen LogP contribution in [0, 0.1) is 0 Å². The molecule has 0 spiro atoms. The summed E-state index contributed by atoms with van der Waals surface area (Å²) in [7, 11) is 4.14. The van der Waals surface area contributed by atoms with Gasteiger partial charge in [-0.25, -0.2) is 0 Å². The minimum Gasteiger partial charge on any atom is -0.378 e. The van der Waals surface area contributed by atoms with Crippen LogP contribution in [0.5, 0.6) is 0 Å². The number of nitrogens with zero attached hydrogens (tertiary/aromatic N) is 1. The molecule has 0 N–H and O–H groups in total. The van der Waals surface area contributed by atoms with Gasteiger partial charge < -0.3 is 4.90 Å². The summed E-state index contributed by atoms with van der Waals surface area (Å²) in [5.41, 5.74) is 2.71. The lowest BCUT2D eigenvalue weighted by molar-refractivity contribution is 0.733. The fourth-order valence-corrected chi connectivity index (χ4v) is 1.34. The first-order chi connectivity index (χ1) is 6.15. The van der Waals surface area contributed by atoms with Gasteiger partial charge in [-0.15, -0.1) is 0 Å². The topological polar surface area (TPSA) is 3.24 Å². The third kappa shape index (κ3) is 2.48. The second kappa shape index (κ2) is 4.31. The molecule has 0 radical (unpaired) electrons. The van der Waals surface area contributed by atoms with E-state index in [1.807, 2.05) is 0 Å². The predicted octanol–water partition coefficient (Wildman–Crippen LogP) is 3.27. The van der Waals surface area contributed by atoms with Crippen molar-refractivity contribution in [2.45, 2.75) is 26.2 Å². The minimum absolute atomic E-state index is 0.677. The van der Waals surface area contributed by atoms with Crippen LogP contribution in [0.2, 0.25) is 0 Å². The predicted molar refractivity (Wildman–Crippen MR) is 59.5 cm³/mol. The van der Waals surface area contributed by atoms with E-state index in [0.717, 1.165) is 0 Å². The zero-order valence-corrected chi connectivity index (χ0v) is 9.04. The molecule has 0 aliphatic heterocycles. The molecule has 72 valence electrons. The van der Waals surface area contributed by atoms with E-state index in [1.54, 1.807) is 0 Å². The van der Waals surface area contributed by atoms with Gasteiger partial charge in [0.25, 0.3) is 0 Å². The fourth-order valence-electron chi connectivity index (χ4n) is 1.34. The second-order valence-electron chi connectivity index (χ2n) is 3.80. The Balaban J connectivity index is 2.81. The Morgan fingerprint density at radius 3 is 2.08 bits per heavy atom. The Labute approximate surface area is 81.4 Å². The average Bonchev–Trinajstić information content (AvgIpc) is 2.17. The van der Waals surface area contributed by atoms with E-state index in [9.17, 15) is 0 Å². The quantitative estimate of drug-likeness (QED) is 0.685. The summed E-state index contributed by atoms with van der Waals surface area (Å²) < 4.78 is 0. The summed E-state index contributed by atoms with van der Waals surface area (Å²) in [5.74, 6) is 0.677. The first kappa shape index (κ1) is 10.1. The van der Waals surface area contributed by atoms with Crippen LogP contribution in [-0.4, -0.2) is 14.1 Å². The normalized spacial score (nSPS) is 12.6. The van der Waals surface area contributed by atoms with Gasteiger partial charge in [-0.1, -0.05) is 26.0 Å². The number of benzene rings is 1. The Hall–Kier alpha value is -0.980. The minimum atomic E-state index is 0.677. The molecule has 0 saturated heterocycles. The molecule has 0 amide bonds. The van der Waals surface area contributed by atoms with E-state index in [1.165, 1.54) is 17.7 Å². The van der Waals surface area contributed by atoms with Gasteiger partial charge in [-0.2, -0.15) is 0 Å². The fraction of sp³-hybridized carbons (Fsp3) is 0.500. The highest BCUT2D eigenvalue weighted by Gasteiger charge is 2.02. The summed E-state index contributed by atoms with van der Waals surface area (Å²) in [6.45, 7) is 4.50. The Morgan fingerprint density at radius 1 is 1.15 bits per heavy atom. The van der Waals surface area contributed by atoms with Crippen molar-refractivity contribution in [2.75, 3.05) is 19.0 Å². The van der Waals surface area contributed by atoms with Crippen molar-refractivity contribution in [2.24, 2.45) is 0 Å². The number of rotatable bonds is 3. The number of hydrogen-bond donors (Lipinski definition) is 0. The van der Waals surface area contributed by atoms with Gasteiger partial charge in [0.1, 0.15) is 0 Å². The molecule has 0 heterocycles. The van der Waals surface area contributed by atoms with Crippen LogP contribution in [0.4, 0.5) is 5.69 Å². The van der Waals surface area contributed by atoms with Crippen molar-refractivity contribution in [1.82, 2.24) is 0 Å². The zero-order chi connectivity index (χ0) is 9.84. The average molecular weight is 177 g/mol. The highest BCUT2D eigenvalue weighted by atomic mass is 15.1. The van der Waals surface area contributed by atoms with Gasteiger partial charge in [-0.05, 0) is 30.0 Å². The molecule has 0 fully saturated rings. The van der Waals surface area contributed by atoms with Crippen LogP contribution in [0.1, 0.15) is 31.7 Å². The second-order valence-corrected chi connectivity index (χ2v) is 3.80. The molecule has 13 heavy (non-hydrogen) atoms. The van der Waals surface area contributed by atoms with Crippen LogP contribution < -0.4 is 4.90 Å². The van der Waals surface area contributed by atoms with Crippen LogP contribution >= 0.6 is 0 Å². The van der Waals surface area contributed by atoms with Crippen LogP contribution in [-0.2, 0) is 0 Å². The van der Waals surface area contributed by atoms with E-state index in [0.29, 0.717) is 5.92 Å². The van der Waals surface area contributed by atoms with E-state index >= 15 is 0 Å². The third-order valence-electron chi connectivity index (χ3n) is 2.59. The lowest BCUT2D eigenvalue weighted by atomic mass is 9.98. The molecular weight excluding hydrogens is 158 g/mol. The largest absolute Gasteiger partial charge is 0.378 e. The smallest absolute Gasteiger partial charge is 0.0361 e. The standard InChI is InChI=1S/C12H19N/c1-5-10(2)11-6-8-12(9-7-11)13(3)4/h6-10H,5H2,1-4H3/t10-/m0/s1. The molecule has 0 saturated carbocycles. The maximum absolute atomic E-state index is 2.27. The van der Waals surface area contributed by atoms with Crippen LogP contribution in [0.15, 0.2) is 24.3 Å². The Morgan fingerprint density at radius 2 is 1.69 bits per heavy atom. The van der Waals surface area contributed by atoms with Crippen molar-refractivity contribution in [3.05, 3.63) is 29.8 Å². The van der Waals surface area contributed by atoms with Gasteiger partial charge in [0.15, 0.2) is 0 Å². The molecule has 1 rings (SSSR count). The van der Waals surface area contributed by atoms with Gasteiger partial charge in [0, 0.05) is 19.8 Å². The molecule has 1 atom stereocenters. The van der Waals surface area contributed by atoms with Crippen molar-refractivity contribution < 1.29 is 0 Å². The Bertz CT molecular complexity index is 248. The molecular formula is C12H19N. The molecule has 0 aromatic heterocycles. The lowest BCUT2D eigenvalue weighted by Gasteiger charge is -2.14. The first-order valence-corrected chi connectivity index (χ1v) is 4.92. The molecule has 0 bridgehead atoms. The van der Waals surface area contributed by atoms with E-state index in [4.69, 9.17) is 0 Å². The molecule has 1 nitrogen and oxygen atoms in total. The Kier molecular flexibility index (Phi) is 3.35. The number of anilines is 1. The van der Waals surface area contributed by atoms with Crippen molar-refractivity contribution in [1.29, 1.82) is 0 Å². The zero-order valence-electron chi connectivity index (χ0n) is 9.04. The lowest BCUT2D eigenvalue weighted by Crippen LogP contribution is -2.08. The molecule has 0 unspecified atom stereocenters. The molecule has 1 aromatic rings. The van der Waals surface area contributed by atoms with E-state index in [-0.39, 0.29) is 0 Å². The summed E-state index contributed by atoms with van der Waals surface area (Å²) in [4.78, 5) is 2.13. The molecule has 1 heteroatoms. The van der Waals surface area contributed by atoms with E-state index < -0.39 is 0 Å². The van der Waals surface area contributed by atoms with Gasteiger partial charge in [-0.3, -0.25) is 0 Å². The van der Waals surface area contributed by atoms with Crippen molar-refractivity contribution in [3.63, 3.8) is 0 Å². The highest BCUT2D eigenvalue weighted by molar-refractivity contribution is 5.46. The van der Waals surface area contributed by atoms with Crippen LogP contribution in [0.25, 0.3) is 0 Å². The number of hydrogen-bond acceptors (Lipinski definition) is 1. The molecule has 0 aliphatic carbocycles. The van der Waals surface area contributed by atoms with E-state index in [2.05, 4.69) is 57.1 Å². The molecule has 0 aliphatic rings. The highest BCUT2D eigenvalue weighted by Crippen LogP contribution is 2.21. The van der Waals surface area contributed by atoms with Crippen molar-refractivity contribution >= 4 is 5.69 Å². The summed E-state index contributed by atoms with van der Waals surface area (Å²) in [6.07, 6.45) is 1.21. The van der Waals surface area contributed by atoms with Crippen molar-refractivity contribution in [3.8, 4) is 0 Å².